The van der Waals surface area contributed by atoms with Crippen LogP contribution in [0, 0.1) is 10.1 Å². The zero-order valence-corrected chi connectivity index (χ0v) is 19.1. The maximum Gasteiger partial charge on any atom is 0.270 e. The quantitative estimate of drug-likeness (QED) is 0.190. The average Bonchev–Trinajstić information content (AvgIpc) is 3.11. The number of amides is 1. The summed E-state index contributed by atoms with van der Waals surface area (Å²) in [5.41, 5.74) is 2.22. The lowest BCUT2D eigenvalue weighted by molar-refractivity contribution is -0.384. The third-order valence-corrected chi connectivity index (χ3v) is 6.17. The summed E-state index contributed by atoms with van der Waals surface area (Å²) in [5.74, 6) is 1.07. The van der Waals surface area contributed by atoms with Crippen LogP contribution in [0.15, 0.2) is 77.7 Å². The summed E-state index contributed by atoms with van der Waals surface area (Å²) in [6.07, 6.45) is 1.76. The van der Waals surface area contributed by atoms with Crippen molar-refractivity contribution in [2.24, 2.45) is 0 Å². The zero-order chi connectivity index (χ0) is 23.4. The fourth-order valence-corrected chi connectivity index (χ4v) is 4.46. The lowest BCUT2D eigenvalue weighted by Gasteiger charge is -2.14. The second kappa shape index (κ2) is 9.85. The van der Waals surface area contributed by atoms with Gasteiger partial charge in [0.25, 0.3) is 11.6 Å². The number of nitro groups is 1. The number of nitrogens with zero attached hydrogens (tertiary/aromatic N) is 2. The number of thioether (sulfide) groups is 1. The highest BCUT2D eigenvalue weighted by atomic mass is 32.2. The first-order valence-electron chi connectivity index (χ1n) is 9.83. The number of rotatable bonds is 7. The molecule has 0 unspecified atom stereocenters. The predicted molar refractivity (Wildman–Crippen MR) is 133 cm³/mol. The van der Waals surface area contributed by atoms with Crippen LogP contribution < -0.4 is 14.4 Å². The van der Waals surface area contributed by atoms with E-state index in [1.165, 1.54) is 28.8 Å². The van der Waals surface area contributed by atoms with Crippen LogP contribution in [0.5, 0.6) is 11.5 Å². The van der Waals surface area contributed by atoms with Gasteiger partial charge in [-0.3, -0.25) is 19.8 Å². The maximum absolute atomic E-state index is 13.1. The molecule has 1 heterocycles. The van der Waals surface area contributed by atoms with Crippen molar-refractivity contribution < 1.29 is 19.2 Å². The van der Waals surface area contributed by atoms with Crippen molar-refractivity contribution in [3.05, 3.63) is 98.9 Å². The Kier molecular flexibility index (Phi) is 6.71. The molecule has 0 N–H and O–H groups in total. The van der Waals surface area contributed by atoms with E-state index in [-0.39, 0.29) is 18.2 Å². The number of hydrogen-bond donors (Lipinski definition) is 0. The molecule has 0 saturated carbocycles. The van der Waals surface area contributed by atoms with Gasteiger partial charge in [-0.2, -0.15) is 0 Å². The molecule has 0 aliphatic carbocycles. The molecule has 0 atom stereocenters. The van der Waals surface area contributed by atoms with E-state index in [2.05, 4.69) is 0 Å². The molecule has 1 amide bonds. The molecule has 9 heteroatoms. The monoisotopic (exact) mass is 478 g/mol. The summed E-state index contributed by atoms with van der Waals surface area (Å²) >= 11 is 6.67. The molecule has 4 rings (SSSR count). The van der Waals surface area contributed by atoms with Crippen LogP contribution in [0.3, 0.4) is 0 Å². The Labute approximate surface area is 199 Å². The van der Waals surface area contributed by atoms with E-state index in [4.69, 9.17) is 21.7 Å². The van der Waals surface area contributed by atoms with E-state index in [1.54, 1.807) is 55.7 Å². The standard InChI is InChI=1S/C24H18N2O5S2/c1-30-20-12-10-18(11-13-20)25-23(27)22(33-24(25)32)14-17-4-2-3-5-21(17)31-15-16-6-8-19(9-7-16)26(28)29/h2-14H,15H2,1H3/b22-14+. The molecule has 0 aromatic heterocycles. The van der Waals surface area contributed by atoms with Crippen LogP contribution in [-0.4, -0.2) is 22.3 Å². The lowest BCUT2D eigenvalue weighted by atomic mass is 10.1. The fourth-order valence-electron chi connectivity index (χ4n) is 3.17. The van der Waals surface area contributed by atoms with Gasteiger partial charge in [-0.25, -0.2) is 0 Å². The Balaban J connectivity index is 1.52. The fraction of sp³-hybridized carbons (Fsp3) is 0.0833. The normalized spacial score (nSPS) is 14.6. The van der Waals surface area contributed by atoms with E-state index in [1.807, 2.05) is 18.2 Å². The van der Waals surface area contributed by atoms with Crippen LogP contribution in [-0.2, 0) is 11.4 Å². The average molecular weight is 479 g/mol. The van der Waals surface area contributed by atoms with E-state index in [0.717, 1.165) is 11.1 Å². The number of ether oxygens (including phenoxy) is 2. The Hall–Kier alpha value is -3.69. The van der Waals surface area contributed by atoms with Crippen LogP contribution >= 0.6 is 24.0 Å². The first kappa shape index (κ1) is 22.5. The number of carbonyl (C=O) groups is 1. The summed E-state index contributed by atoms with van der Waals surface area (Å²) < 4.78 is 11.6. The molecule has 1 saturated heterocycles. The van der Waals surface area contributed by atoms with Crippen molar-refractivity contribution in [3.8, 4) is 11.5 Å². The molecule has 1 fully saturated rings. The Morgan fingerprint density at radius 1 is 1.06 bits per heavy atom. The van der Waals surface area contributed by atoms with Crippen molar-refractivity contribution in [2.75, 3.05) is 12.0 Å². The van der Waals surface area contributed by atoms with E-state index in [9.17, 15) is 14.9 Å². The predicted octanol–water partition coefficient (Wildman–Crippen LogP) is 5.59. The number of methoxy groups -OCH3 is 1. The Bertz CT molecular complexity index is 1240. The highest BCUT2D eigenvalue weighted by Crippen LogP contribution is 2.37. The summed E-state index contributed by atoms with van der Waals surface area (Å²) in [4.78, 5) is 25.4. The molecule has 0 bridgehead atoms. The summed E-state index contributed by atoms with van der Waals surface area (Å²) in [6, 6.07) is 20.7. The minimum absolute atomic E-state index is 0.0260. The van der Waals surface area contributed by atoms with Crippen LogP contribution in [0.4, 0.5) is 11.4 Å². The summed E-state index contributed by atoms with van der Waals surface area (Å²) in [6.45, 7) is 0.232. The Morgan fingerprint density at radius 2 is 1.76 bits per heavy atom. The molecule has 0 spiro atoms. The number of benzene rings is 3. The van der Waals surface area contributed by atoms with Gasteiger partial charge >= 0.3 is 0 Å². The van der Waals surface area contributed by atoms with Gasteiger partial charge < -0.3 is 9.47 Å². The molecule has 7 nitrogen and oxygen atoms in total. The van der Waals surface area contributed by atoms with E-state index < -0.39 is 4.92 Å². The van der Waals surface area contributed by atoms with Gasteiger partial charge in [0, 0.05) is 17.7 Å². The SMILES string of the molecule is COc1ccc(N2C(=O)/C(=C\c3ccccc3OCc3ccc([N+](=O)[O-])cc3)SC2=S)cc1. The number of anilines is 1. The summed E-state index contributed by atoms with van der Waals surface area (Å²) in [5, 5.41) is 10.8. The van der Waals surface area contributed by atoms with Crippen molar-refractivity contribution >= 4 is 51.7 Å². The molecular formula is C24H18N2O5S2. The molecule has 3 aromatic rings. The topological polar surface area (TPSA) is 81.9 Å². The molecule has 3 aromatic carbocycles. The second-order valence-electron chi connectivity index (χ2n) is 6.97. The molecule has 0 radical (unpaired) electrons. The van der Waals surface area contributed by atoms with Crippen LogP contribution in [0.1, 0.15) is 11.1 Å². The molecule has 166 valence electrons. The highest BCUT2D eigenvalue weighted by Gasteiger charge is 2.33. The number of thiocarbonyl (C=S) groups is 1. The van der Waals surface area contributed by atoms with Gasteiger partial charge in [-0.15, -0.1) is 0 Å². The zero-order valence-electron chi connectivity index (χ0n) is 17.5. The first-order chi connectivity index (χ1) is 16.0. The molecule has 1 aliphatic heterocycles. The van der Waals surface area contributed by atoms with Gasteiger partial charge in [0.15, 0.2) is 4.32 Å². The number of carbonyl (C=O) groups excluding carboxylic acids is 1. The van der Waals surface area contributed by atoms with E-state index >= 15 is 0 Å². The Morgan fingerprint density at radius 3 is 2.42 bits per heavy atom. The van der Waals surface area contributed by atoms with Crippen molar-refractivity contribution in [3.63, 3.8) is 0 Å². The third-order valence-electron chi connectivity index (χ3n) is 4.87. The minimum Gasteiger partial charge on any atom is -0.497 e. The van der Waals surface area contributed by atoms with Crippen molar-refractivity contribution in [1.29, 1.82) is 0 Å². The number of nitro benzene ring substituents is 1. The minimum atomic E-state index is -0.442. The van der Waals surface area contributed by atoms with Gasteiger partial charge in [0.05, 0.1) is 22.6 Å². The van der Waals surface area contributed by atoms with Crippen molar-refractivity contribution in [2.45, 2.75) is 6.61 Å². The van der Waals surface area contributed by atoms with Gasteiger partial charge in [-0.05, 0) is 54.1 Å². The number of para-hydroxylation sites is 1. The number of hydrogen-bond acceptors (Lipinski definition) is 7. The maximum atomic E-state index is 13.1. The molecule has 33 heavy (non-hydrogen) atoms. The lowest BCUT2D eigenvalue weighted by Crippen LogP contribution is -2.27. The van der Waals surface area contributed by atoms with Crippen LogP contribution in [0.25, 0.3) is 6.08 Å². The van der Waals surface area contributed by atoms with Gasteiger partial charge in [-0.1, -0.05) is 42.2 Å². The number of non-ortho nitro benzene ring substituents is 1. The van der Waals surface area contributed by atoms with Gasteiger partial charge in [0.1, 0.15) is 18.1 Å². The van der Waals surface area contributed by atoms with Gasteiger partial charge in [0.2, 0.25) is 0 Å². The largest absolute Gasteiger partial charge is 0.497 e. The smallest absolute Gasteiger partial charge is 0.270 e. The second-order valence-corrected chi connectivity index (χ2v) is 8.64. The van der Waals surface area contributed by atoms with Crippen LogP contribution in [0.2, 0.25) is 0 Å². The van der Waals surface area contributed by atoms with Crippen molar-refractivity contribution in [1.82, 2.24) is 0 Å². The highest BCUT2D eigenvalue weighted by molar-refractivity contribution is 8.27. The first-order valence-corrected chi connectivity index (χ1v) is 11.1. The van der Waals surface area contributed by atoms with E-state index in [0.29, 0.717) is 26.4 Å². The molecule has 1 aliphatic rings. The summed E-state index contributed by atoms with van der Waals surface area (Å²) in [7, 11) is 1.58. The third kappa shape index (κ3) is 5.05. The molecular weight excluding hydrogens is 460 g/mol.